The van der Waals surface area contributed by atoms with Gasteiger partial charge < -0.3 is 16.6 Å². The summed E-state index contributed by atoms with van der Waals surface area (Å²) in [6.07, 6.45) is 2.23. The maximum atomic E-state index is 10.9. The minimum absolute atomic E-state index is 0.178. The van der Waals surface area contributed by atoms with E-state index in [1.807, 2.05) is 0 Å². The van der Waals surface area contributed by atoms with E-state index in [9.17, 15) is 4.79 Å². The Labute approximate surface area is 82.6 Å². The van der Waals surface area contributed by atoms with Crippen molar-refractivity contribution in [1.82, 2.24) is 4.90 Å². The quantitative estimate of drug-likeness (QED) is 0.407. The van der Waals surface area contributed by atoms with Crippen molar-refractivity contribution in [3.05, 3.63) is 0 Å². The monoisotopic (exact) mass is 200 g/mol. The topological polar surface area (TPSA) is 105 Å². The number of hydrogen-bond acceptors (Lipinski definition) is 3. The summed E-state index contributed by atoms with van der Waals surface area (Å²) in [5.41, 5.74) is 10.4. The van der Waals surface area contributed by atoms with Crippen LogP contribution in [0.3, 0.4) is 0 Å². The first-order valence-corrected chi connectivity index (χ1v) is 4.67. The number of aliphatic imine (C=N–C) groups is 1. The van der Waals surface area contributed by atoms with E-state index in [0.29, 0.717) is 0 Å². The van der Waals surface area contributed by atoms with Gasteiger partial charge in [-0.15, -0.1) is 0 Å². The molecule has 1 aliphatic heterocycles. The number of hydrogen-bond donors (Lipinski definition) is 3. The Morgan fingerprint density at radius 3 is 2.29 bits per heavy atom. The molecular formula is C8H16N4O2. The lowest BCUT2D eigenvalue weighted by Crippen LogP contribution is -2.44. The largest absolute Gasteiger partial charge is 0.479 e. The predicted octanol–water partition coefficient (Wildman–Crippen LogP) is -0.844. The summed E-state index contributed by atoms with van der Waals surface area (Å²) < 4.78 is 0. The molecular weight excluding hydrogens is 184 g/mol. The summed E-state index contributed by atoms with van der Waals surface area (Å²) in [5, 5.41) is 8.91. The van der Waals surface area contributed by atoms with Crippen LogP contribution in [0.15, 0.2) is 4.99 Å². The molecule has 0 radical (unpaired) electrons. The zero-order valence-corrected chi connectivity index (χ0v) is 8.02. The Balaban J connectivity index is 2.66. The van der Waals surface area contributed by atoms with Crippen LogP contribution in [0.4, 0.5) is 0 Å². The van der Waals surface area contributed by atoms with Gasteiger partial charge in [-0.25, -0.2) is 9.79 Å². The van der Waals surface area contributed by atoms with E-state index in [-0.39, 0.29) is 5.96 Å². The third-order valence-electron chi connectivity index (χ3n) is 2.23. The third-order valence-corrected chi connectivity index (χ3v) is 2.23. The van der Waals surface area contributed by atoms with Gasteiger partial charge >= 0.3 is 5.97 Å². The Kier molecular flexibility index (Phi) is 3.70. The molecule has 0 saturated carbocycles. The van der Waals surface area contributed by atoms with Crippen molar-refractivity contribution in [2.45, 2.75) is 25.4 Å². The van der Waals surface area contributed by atoms with Crippen LogP contribution in [-0.2, 0) is 4.79 Å². The molecule has 5 N–H and O–H groups in total. The number of piperidine rings is 1. The number of carbonyl (C=O) groups is 1. The fraction of sp³-hybridized carbons (Fsp3) is 0.750. The zero-order chi connectivity index (χ0) is 10.6. The highest BCUT2D eigenvalue weighted by molar-refractivity contribution is 5.81. The molecule has 1 aliphatic rings. The minimum atomic E-state index is -1.000. The molecule has 0 amide bonds. The van der Waals surface area contributed by atoms with Gasteiger partial charge in [0.05, 0.1) is 0 Å². The SMILES string of the molecule is NC(N)=NC(C(=O)O)N1CCCCC1. The van der Waals surface area contributed by atoms with Crippen LogP contribution >= 0.6 is 0 Å². The van der Waals surface area contributed by atoms with E-state index in [1.54, 1.807) is 4.90 Å². The normalized spacial score (nSPS) is 20.0. The van der Waals surface area contributed by atoms with E-state index in [0.717, 1.165) is 32.4 Å². The molecule has 1 saturated heterocycles. The van der Waals surface area contributed by atoms with Crippen LogP contribution in [0.5, 0.6) is 0 Å². The lowest BCUT2D eigenvalue weighted by atomic mass is 10.1. The number of aliphatic carboxylic acids is 1. The van der Waals surface area contributed by atoms with Crippen LogP contribution < -0.4 is 11.5 Å². The van der Waals surface area contributed by atoms with E-state index in [2.05, 4.69) is 4.99 Å². The van der Waals surface area contributed by atoms with E-state index >= 15 is 0 Å². The van der Waals surface area contributed by atoms with Crippen LogP contribution in [-0.4, -0.2) is 41.2 Å². The highest BCUT2D eigenvalue weighted by Crippen LogP contribution is 2.12. The fourth-order valence-corrected chi connectivity index (χ4v) is 1.60. The number of likely N-dealkylation sites (tertiary alicyclic amines) is 1. The summed E-state index contributed by atoms with van der Waals surface area (Å²) in [6, 6.07) is 0. The van der Waals surface area contributed by atoms with Crippen LogP contribution in [0.1, 0.15) is 19.3 Å². The predicted molar refractivity (Wildman–Crippen MR) is 52.7 cm³/mol. The maximum Gasteiger partial charge on any atom is 0.343 e. The van der Waals surface area contributed by atoms with E-state index in [4.69, 9.17) is 16.6 Å². The summed E-state index contributed by atoms with van der Waals surface area (Å²) in [5.74, 6) is -1.18. The number of guanidine groups is 1. The first-order valence-electron chi connectivity index (χ1n) is 4.67. The van der Waals surface area contributed by atoms with Gasteiger partial charge in [-0.05, 0) is 12.8 Å². The highest BCUT2D eigenvalue weighted by atomic mass is 16.4. The number of carboxylic acids is 1. The standard InChI is InChI=1S/C8H16N4O2/c9-8(10)11-6(7(13)14)12-4-2-1-3-5-12/h6H,1-5H2,(H,13,14)(H4,9,10,11). The lowest BCUT2D eigenvalue weighted by Gasteiger charge is -2.29. The van der Waals surface area contributed by atoms with Crippen molar-refractivity contribution in [2.24, 2.45) is 16.5 Å². The second kappa shape index (κ2) is 4.80. The van der Waals surface area contributed by atoms with Crippen LogP contribution in [0.2, 0.25) is 0 Å². The molecule has 6 heteroatoms. The van der Waals surface area contributed by atoms with Gasteiger partial charge in [0.2, 0.25) is 6.17 Å². The first-order chi connectivity index (χ1) is 6.61. The molecule has 1 heterocycles. The summed E-state index contributed by atoms with van der Waals surface area (Å²) in [4.78, 5) is 16.4. The van der Waals surface area contributed by atoms with Gasteiger partial charge in [0.15, 0.2) is 5.96 Å². The number of carboxylic acid groups (broad SMARTS) is 1. The van der Waals surface area contributed by atoms with Gasteiger partial charge in [0, 0.05) is 13.1 Å². The third kappa shape index (κ3) is 2.88. The second-order valence-corrected chi connectivity index (χ2v) is 3.36. The average molecular weight is 200 g/mol. The molecule has 0 aromatic rings. The Morgan fingerprint density at radius 2 is 1.86 bits per heavy atom. The number of rotatable bonds is 3. The molecule has 80 valence electrons. The smallest absolute Gasteiger partial charge is 0.343 e. The maximum absolute atomic E-state index is 10.9. The molecule has 1 unspecified atom stereocenters. The van der Waals surface area contributed by atoms with Crippen molar-refractivity contribution in [2.75, 3.05) is 13.1 Å². The fourth-order valence-electron chi connectivity index (χ4n) is 1.60. The summed E-state index contributed by atoms with van der Waals surface area (Å²) >= 11 is 0. The van der Waals surface area contributed by atoms with E-state index < -0.39 is 12.1 Å². The molecule has 0 spiro atoms. The van der Waals surface area contributed by atoms with Gasteiger partial charge in [-0.3, -0.25) is 4.90 Å². The molecule has 14 heavy (non-hydrogen) atoms. The summed E-state index contributed by atoms with van der Waals surface area (Å²) in [7, 11) is 0. The van der Waals surface area contributed by atoms with Gasteiger partial charge in [-0.2, -0.15) is 0 Å². The molecule has 1 atom stereocenters. The van der Waals surface area contributed by atoms with E-state index in [1.165, 1.54) is 0 Å². The molecule has 0 bridgehead atoms. The molecule has 0 aliphatic carbocycles. The molecule has 0 aromatic carbocycles. The second-order valence-electron chi connectivity index (χ2n) is 3.36. The molecule has 1 fully saturated rings. The number of nitrogens with zero attached hydrogens (tertiary/aromatic N) is 2. The molecule has 6 nitrogen and oxygen atoms in total. The van der Waals surface area contributed by atoms with Crippen molar-refractivity contribution >= 4 is 11.9 Å². The Morgan fingerprint density at radius 1 is 1.29 bits per heavy atom. The van der Waals surface area contributed by atoms with Gasteiger partial charge in [-0.1, -0.05) is 6.42 Å². The van der Waals surface area contributed by atoms with Crippen LogP contribution in [0.25, 0.3) is 0 Å². The van der Waals surface area contributed by atoms with Gasteiger partial charge in [0.1, 0.15) is 0 Å². The molecule has 1 rings (SSSR count). The zero-order valence-electron chi connectivity index (χ0n) is 8.02. The van der Waals surface area contributed by atoms with Crippen molar-refractivity contribution in [3.8, 4) is 0 Å². The Bertz CT molecular complexity index is 231. The highest BCUT2D eigenvalue weighted by Gasteiger charge is 2.26. The average Bonchev–Trinajstić information content (AvgIpc) is 2.15. The Hall–Kier alpha value is -1.30. The molecule has 0 aromatic heterocycles. The first kappa shape index (κ1) is 10.8. The lowest BCUT2D eigenvalue weighted by molar-refractivity contribution is -0.143. The number of nitrogens with two attached hydrogens (primary N) is 2. The summed E-state index contributed by atoms with van der Waals surface area (Å²) in [6.45, 7) is 1.49. The van der Waals surface area contributed by atoms with Crippen molar-refractivity contribution in [3.63, 3.8) is 0 Å². The van der Waals surface area contributed by atoms with Gasteiger partial charge in [0.25, 0.3) is 0 Å². The van der Waals surface area contributed by atoms with Crippen molar-refractivity contribution in [1.29, 1.82) is 0 Å². The van der Waals surface area contributed by atoms with Crippen LogP contribution in [0, 0.1) is 0 Å². The van der Waals surface area contributed by atoms with Crippen molar-refractivity contribution < 1.29 is 9.90 Å². The minimum Gasteiger partial charge on any atom is -0.479 e.